The fourth-order valence-electron chi connectivity index (χ4n) is 1.64. The molecule has 0 radical (unpaired) electrons. The van der Waals surface area contributed by atoms with Crippen LogP contribution in [0.2, 0.25) is 0 Å². The van der Waals surface area contributed by atoms with E-state index in [1.54, 1.807) is 0 Å². The molecule has 1 fully saturated rings. The van der Waals surface area contributed by atoms with Crippen LogP contribution in [-0.4, -0.2) is 47.0 Å². The third-order valence-electron chi connectivity index (χ3n) is 2.27. The Balaban J connectivity index is 2.55. The van der Waals surface area contributed by atoms with Crippen molar-refractivity contribution in [3.63, 3.8) is 0 Å². The minimum atomic E-state index is -4.06. The van der Waals surface area contributed by atoms with E-state index in [4.69, 9.17) is 14.5 Å². The Morgan fingerprint density at radius 1 is 1.53 bits per heavy atom. The molecule has 0 aromatic heterocycles. The molecule has 5 nitrogen and oxygen atoms in total. The normalized spacial score (nSPS) is 30.7. The SMILES string of the molecule is CC1CN(C)CCC(/C=C/P(=O)(O)O)O1. The first kappa shape index (κ1) is 12.9. The Morgan fingerprint density at radius 3 is 2.80 bits per heavy atom. The van der Waals surface area contributed by atoms with Gasteiger partial charge < -0.3 is 19.4 Å². The van der Waals surface area contributed by atoms with Gasteiger partial charge in [0.1, 0.15) is 0 Å². The van der Waals surface area contributed by atoms with E-state index in [0.717, 1.165) is 25.3 Å². The highest BCUT2D eigenvalue weighted by atomic mass is 31.2. The predicted octanol–water partition coefficient (Wildman–Crippen LogP) is 0.787. The fraction of sp³-hybridized carbons (Fsp3) is 0.778. The van der Waals surface area contributed by atoms with Crippen LogP contribution in [0.4, 0.5) is 0 Å². The molecule has 0 aromatic carbocycles. The molecular weight excluding hydrogens is 217 g/mol. The maximum atomic E-state index is 10.6. The maximum Gasteiger partial charge on any atom is 0.348 e. The summed E-state index contributed by atoms with van der Waals surface area (Å²) in [5.74, 6) is 0.926. The first-order valence-electron chi connectivity index (χ1n) is 4.95. The van der Waals surface area contributed by atoms with Crippen LogP contribution >= 0.6 is 7.60 Å². The second-order valence-corrected chi connectivity index (χ2v) is 5.44. The standard InChI is InChI=1S/C9H18NO4P/c1-8-7-10(2)5-3-9(14-8)4-6-15(11,12)13/h4,6,8-9H,3,5,7H2,1-2H3,(H2,11,12,13)/b6-4+. The van der Waals surface area contributed by atoms with E-state index >= 15 is 0 Å². The van der Waals surface area contributed by atoms with Crippen molar-refractivity contribution < 1.29 is 19.1 Å². The quantitative estimate of drug-likeness (QED) is 0.692. The van der Waals surface area contributed by atoms with E-state index in [2.05, 4.69) is 4.90 Å². The number of rotatable bonds is 2. The molecule has 0 spiro atoms. The summed E-state index contributed by atoms with van der Waals surface area (Å²) < 4.78 is 16.3. The Kier molecular flexibility index (Phi) is 4.49. The number of hydrogen-bond acceptors (Lipinski definition) is 3. The molecule has 0 aliphatic carbocycles. The molecule has 1 heterocycles. The lowest BCUT2D eigenvalue weighted by atomic mass is 10.2. The summed E-state index contributed by atoms with van der Waals surface area (Å²) in [5.41, 5.74) is 0. The average molecular weight is 235 g/mol. The molecule has 0 bridgehead atoms. The molecule has 0 aromatic rings. The van der Waals surface area contributed by atoms with Crippen LogP contribution in [-0.2, 0) is 9.30 Å². The molecule has 2 N–H and O–H groups in total. The highest BCUT2D eigenvalue weighted by molar-refractivity contribution is 7.55. The Bertz CT molecular complexity index is 275. The molecule has 0 saturated carbocycles. The van der Waals surface area contributed by atoms with Gasteiger partial charge in [-0.25, -0.2) is 0 Å². The first-order chi connectivity index (χ1) is 6.87. The summed E-state index contributed by atoms with van der Waals surface area (Å²) in [6.45, 7) is 3.68. The number of hydrogen-bond donors (Lipinski definition) is 2. The van der Waals surface area contributed by atoms with Crippen molar-refractivity contribution in [3.05, 3.63) is 11.9 Å². The fourth-order valence-corrected chi connectivity index (χ4v) is 2.05. The topological polar surface area (TPSA) is 70.0 Å². The summed E-state index contributed by atoms with van der Waals surface area (Å²) in [6, 6.07) is 0. The van der Waals surface area contributed by atoms with Gasteiger partial charge in [0, 0.05) is 18.9 Å². The molecule has 1 rings (SSSR count). The average Bonchev–Trinajstić information content (AvgIpc) is 2.22. The van der Waals surface area contributed by atoms with Crippen molar-refractivity contribution in [1.29, 1.82) is 0 Å². The monoisotopic (exact) mass is 235 g/mol. The zero-order valence-electron chi connectivity index (χ0n) is 9.04. The second-order valence-electron chi connectivity index (χ2n) is 3.97. The van der Waals surface area contributed by atoms with Gasteiger partial charge in [0.2, 0.25) is 0 Å². The molecule has 2 unspecified atom stereocenters. The van der Waals surface area contributed by atoms with Crippen molar-refractivity contribution in [2.45, 2.75) is 25.6 Å². The largest absolute Gasteiger partial charge is 0.370 e. The molecule has 15 heavy (non-hydrogen) atoms. The van der Waals surface area contributed by atoms with Crippen LogP contribution in [0.25, 0.3) is 0 Å². The molecular formula is C9H18NO4P. The van der Waals surface area contributed by atoms with Gasteiger partial charge in [0.05, 0.1) is 12.2 Å². The van der Waals surface area contributed by atoms with Crippen LogP contribution in [0, 0.1) is 0 Å². The molecule has 0 amide bonds. The molecule has 2 atom stereocenters. The van der Waals surface area contributed by atoms with E-state index in [1.807, 2.05) is 14.0 Å². The van der Waals surface area contributed by atoms with Crippen molar-refractivity contribution in [3.8, 4) is 0 Å². The van der Waals surface area contributed by atoms with Gasteiger partial charge in [-0.3, -0.25) is 4.57 Å². The van der Waals surface area contributed by atoms with Crippen molar-refractivity contribution in [2.75, 3.05) is 20.1 Å². The summed E-state index contributed by atoms with van der Waals surface area (Å²) in [4.78, 5) is 19.5. The van der Waals surface area contributed by atoms with Crippen LogP contribution in [0.5, 0.6) is 0 Å². The summed E-state index contributed by atoms with van der Waals surface area (Å²) in [6.07, 6.45) is 2.12. The van der Waals surface area contributed by atoms with Crippen LogP contribution < -0.4 is 0 Å². The highest BCUT2D eigenvalue weighted by Crippen LogP contribution is 2.36. The van der Waals surface area contributed by atoms with Gasteiger partial charge in [0.25, 0.3) is 0 Å². The van der Waals surface area contributed by atoms with Crippen molar-refractivity contribution in [2.24, 2.45) is 0 Å². The molecule has 1 saturated heterocycles. The number of likely N-dealkylation sites (N-methyl/N-ethyl adjacent to an activating group) is 1. The summed E-state index contributed by atoms with van der Waals surface area (Å²) in [7, 11) is -2.05. The minimum Gasteiger partial charge on any atom is -0.370 e. The van der Waals surface area contributed by atoms with E-state index in [9.17, 15) is 4.57 Å². The Labute approximate surface area is 89.9 Å². The van der Waals surface area contributed by atoms with E-state index < -0.39 is 7.60 Å². The zero-order valence-corrected chi connectivity index (χ0v) is 9.93. The molecule has 1 aliphatic heterocycles. The van der Waals surface area contributed by atoms with E-state index in [0.29, 0.717) is 0 Å². The number of ether oxygens (including phenoxy) is 1. The van der Waals surface area contributed by atoms with Crippen molar-refractivity contribution >= 4 is 7.60 Å². The van der Waals surface area contributed by atoms with Gasteiger partial charge >= 0.3 is 7.60 Å². The van der Waals surface area contributed by atoms with Gasteiger partial charge in [-0.05, 0) is 26.5 Å². The Hall–Kier alpha value is -0.190. The van der Waals surface area contributed by atoms with Gasteiger partial charge in [-0.2, -0.15) is 0 Å². The molecule has 88 valence electrons. The highest BCUT2D eigenvalue weighted by Gasteiger charge is 2.19. The van der Waals surface area contributed by atoms with Gasteiger partial charge in [-0.15, -0.1) is 0 Å². The smallest absolute Gasteiger partial charge is 0.348 e. The summed E-state index contributed by atoms with van der Waals surface area (Å²) >= 11 is 0. The van der Waals surface area contributed by atoms with E-state index in [-0.39, 0.29) is 12.2 Å². The zero-order chi connectivity index (χ0) is 11.5. The van der Waals surface area contributed by atoms with Crippen LogP contribution in [0.1, 0.15) is 13.3 Å². The lowest BCUT2D eigenvalue weighted by Crippen LogP contribution is -2.26. The summed E-state index contributed by atoms with van der Waals surface area (Å²) in [5, 5.41) is 0. The van der Waals surface area contributed by atoms with E-state index in [1.165, 1.54) is 6.08 Å². The molecule has 1 aliphatic rings. The van der Waals surface area contributed by atoms with Crippen LogP contribution in [0.15, 0.2) is 11.9 Å². The third kappa shape index (κ3) is 5.44. The van der Waals surface area contributed by atoms with Gasteiger partial charge in [-0.1, -0.05) is 0 Å². The van der Waals surface area contributed by atoms with Crippen molar-refractivity contribution in [1.82, 2.24) is 4.90 Å². The van der Waals surface area contributed by atoms with Gasteiger partial charge in [0.15, 0.2) is 0 Å². The Morgan fingerprint density at radius 2 is 2.20 bits per heavy atom. The minimum absolute atomic E-state index is 0.0870. The first-order valence-corrected chi connectivity index (χ1v) is 6.63. The number of nitrogens with zero attached hydrogens (tertiary/aromatic N) is 1. The lowest BCUT2D eigenvalue weighted by molar-refractivity contribution is 0.0307. The third-order valence-corrected chi connectivity index (χ3v) is 2.83. The maximum absolute atomic E-state index is 10.6. The lowest BCUT2D eigenvalue weighted by Gasteiger charge is -2.16. The molecule has 6 heteroatoms. The second kappa shape index (κ2) is 5.23. The van der Waals surface area contributed by atoms with Crippen LogP contribution in [0.3, 0.4) is 0 Å². The predicted molar refractivity (Wildman–Crippen MR) is 57.6 cm³/mol.